The summed E-state index contributed by atoms with van der Waals surface area (Å²) >= 11 is 2.99. The highest BCUT2D eigenvalue weighted by Gasteiger charge is 2.27. The van der Waals surface area contributed by atoms with E-state index in [1.165, 1.54) is 6.07 Å². The molecule has 10 nitrogen and oxygen atoms in total. The maximum absolute atomic E-state index is 12.4. The molecule has 0 saturated carbocycles. The van der Waals surface area contributed by atoms with E-state index in [9.17, 15) is 30.7 Å². The van der Waals surface area contributed by atoms with Gasteiger partial charge >= 0.3 is 0 Å². The molecular formula is C15H19BrN2O8S2. The monoisotopic (exact) mass is 498 g/mol. The van der Waals surface area contributed by atoms with Crippen LogP contribution in [0.5, 0.6) is 0 Å². The molecule has 13 heteroatoms. The van der Waals surface area contributed by atoms with Crippen molar-refractivity contribution in [3.8, 4) is 5.69 Å². The summed E-state index contributed by atoms with van der Waals surface area (Å²) in [6, 6.07) is 2.70. The molecule has 0 spiro atoms. The first-order valence-electron chi connectivity index (χ1n) is 7.89. The number of benzene rings is 1. The van der Waals surface area contributed by atoms with Gasteiger partial charge in [-0.1, -0.05) is 0 Å². The van der Waals surface area contributed by atoms with E-state index in [0.717, 1.165) is 10.7 Å². The third-order valence-corrected chi connectivity index (χ3v) is 6.03. The molecule has 2 rings (SSSR count). The van der Waals surface area contributed by atoms with Crippen LogP contribution < -0.4 is 5.56 Å². The number of nitrogens with zero attached hydrogens (tertiary/aromatic N) is 1. The van der Waals surface area contributed by atoms with Crippen LogP contribution in [-0.4, -0.2) is 47.9 Å². The summed E-state index contributed by atoms with van der Waals surface area (Å²) in [5.41, 5.74) is -1.16. The summed E-state index contributed by atoms with van der Waals surface area (Å²) in [4.78, 5) is 10.8. The van der Waals surface area contributed by atoms with Crippen molar-refractivity contribution in [2.45, 2.75) is 42.6 Å². The Labute approximate surface area is 170 Å². The van der Waals surface area contributed by atoms with E-state index in [-0.39, 0.29) is 10.2 Å². The summed E-state index contributed by atoms with van der Waals surface area (Å²) < 4.78 is 71.3. The minimum absolute atomic E-state index is 0.158. The van der Waals surface area contributed by atoms with E-state index in [1.807, 2.05) is 20.8 Å². The molecule has 0 radical (unpaired) electrons. The fourth-order valence-electron chi connectivity index (χ4n) is 2.71. The van der Waals surface area contributed by atoms with E-state index in [1.54, 1.807) is 0 Å². The molecule has 0 aliphatic rings. The lowest BCUT2D eigenvalue weighted by Crippen LogP contribution is -2.27. The number of rotatable bonds is 7. The zero-order valence-corrected chi connectivity index (χ0v) is 18.4. The van der Waals surface area contributed by atoms with Crippen molar-refractivity contribution in [3.05, 3.63) is 38.7 Å². The van der Waals surface area contributed by atoms with Gasteiger partial charge in [-0.3, -0.25) is 19.0 Å². The minimum atomic E-state index is -4.95. The summed E-state index contributed by atoms with van der Waals surface area (Å²) in [7, 11) is -9.71. The Balaban J connectivity index is 2.71. The molecule has 1 aromatic carbocycles. The second-order valence-corrected chi connectivity index (χ2v) is 10.2. The molecule has 0 unspecified atom stereocenters. The summed E-state index contributed by atoms with van der Waals surface area (Å²) in [6.45, 7) is 5.90. The first-order chi connectivity index (χ1) is 12.7. The third-order valence-electron chi connectivity index (χ3n) is 3.73. The molecule has 0 aliphatic carbocycles. The van der Waals surface area contributed by atoms with Gasteiger partial charge in [-0.25, -0.2) is 4.68 Å². The van der Waals surface area contributed by atoms with Crippen LogP contribution in [0.3, 0.4) is 0 Å². The smallest absolute Gasteiger partial charge is 0.296 e. The number of aromatic amines is 1. The van der Waals surface area contributed by atoms with Crippen molar-refractivity contribution in [1.29, 1.82) is 0 Å². The van der Waals surface area contributed by atoms with Gasteiger partial charge in [0, 0.05) is 29.3 Å². The molecule has 1 aromatic heterocycles. The fourth-order valence-corrected chi connectivity index (χ4v) is 4.96. The maximum Gasteiger partial charge on any atom is 0.296 e. The Morgan fingerprint density at radius 2 is 1.75 bits per heavy atom. The Hall–Kier alpha value is -1.51. The van der Waals surface area contributed by atoms with Gasteiger partial charge < -0.3 is 4.74 Å². The average Bonchev–Trinajstić information content (AvgIpc) is 2.83. The minimum Gasteiger partial charge on any atom is -0.375 e. The van der Waals surface area contributed by atoms with E-state index in [2.05, 4.69) is 21.0 Å². The fraction of sp³-hybridized carbons (Fsp3) is 0.400. The first kappa shape index (κ1) is 22.8. The lowest BCUT2D eigenvalue weighted by molar-refractivity contribution is -0.0100. The quantitative estimate of drug-likeness (QED) is 0.487. The van der Waals surface area contributed by atoms with Crippen LogP contribution in [0.2, 0.25) is 0 Å². The van der Waals surface area contributed by atoms with Gasteiger partial charge in [-0.2, -0.15) is 16.8 Å². The van der Waals surface area contributed by atoms with Crippen molar-refractivity contribution >= 4 is 36.2 Å². The van der Waals surface area contributed by atoms with Crippen LogP contribution in [0, 0.1) is 0 Å². The Morgan fingerprint density at radius 3 is 2.25 bits per heavy atom. The standard InChI is InChI=1S/C15H19BrN2O8S2/c1-4-26-15(2,3)8-9-5-13(19)18(17-9)14-11(16)6-10(27(20,21)22)7-12(14)28(23,24)25/h5-7,17H,4,8H2,1-3H3,(H,20,21,22)(H,23,24,25). The van der Waals surface area contributed by atoms with Crippen molar-refractivity contribution in [3.63, 3.8) is 0 Å². The SMILES string of the molecule is CCOC(C)(C)Cc1cc(=O)n(-c2c(Br)cc(S(=O)(=O)O)cc2S(=O)(=O)O)[nH]1. The molecule has 0 amide bonds. The predicted molar refractivity (Wildman–Crippen MR) is 103 cm³/mol. The zero-order chi connectivity index (χ0) is 21.5. The lowest BCUT2D eigenvalue weighted by Gasteiger charge is -2.23. The van der Waals surface area contributed by atoms with Crippen molar-refractivity contribution in [2.75, 3.05) is 6.61 Å². The summed E-state index contributed by atoms with van der Waals surface area (Å²) in [5, 5.41) is 2.73. The van der Waals surface area contributed by atoms with Gasteiger partial charge in [0.1, 0.15) is 10.6 Å². The number of nitrogens with one attached hydrogen (secondary N) is 1. The van der Waals surface area contributed by atoms with Crippen LogP contribution in [0.25, 0.3) is 5.69 Å². The Kier molecular flexibility index (Phi) is 6.28. The second-order valence-electron chi connectivity index (χ2n) is 6.53. The molecule has 2 aromatic rings. The molecular weight excluding hydrogens is 480 g/mol. The largest absolute Gasteiger partial charge is 0.375 e. The number of ether oxygens (including phenoxy) is 1. The molecule has 0 aliphatic heterocycles. The Bertz CT molecular complexity index is 1160. The number of hydrogen-bond acceptors (Lipinski definition) is 6. The van der Waals surface area contributed by atoms with E-state index in [4.69, 9.17) is 4.74 Å². The van der Waals surface area contributed by atoms with E-state index in [0.29, 0.717) is 24.8 Å². The highest BCUT2D eigenvalue weighted by molar-refractivity contribution is 9.10. The maximum atomic E-state index is 12.4. The molecule has 0 bridgehead atoms. The number of H-pyrrole nitrogens is 1. The Morgan fingerprint density at radius 1 is 1.14 bits per heavy atom. The van der Waals surface area contributed by atoms with Crippen LogP contribution in [0.4, 0.5) is 0 Å². The van der Waals surface area contributed by atoms with Crippen molar-refractivity contribution in [1.82, 2.24) is 9.78 Å². The number of aromatic nitrogens is 2. The molecule has 0 atom stereocenters. The van der Waals surface area contributed by atoms with Gasteiger partial charge in [0.05, 0.1) is 10.5 Å². The van der Waals surface area contributed by atoms with Crippen LogP contribution >= 0.6 is 15.9 Å². The normalized spacial score (nSPS) is 13.1. The average molecular weight is 499 g/mol. The van der Waals surface area contributed by atoms with Gasteiger partial charge in [0.15, 0.2) is 0 Å². The van der Waals surface area contributed by atoms with E-state index < -0.39 is 41.2 Å². The zero-order valence-electron chi connectivity index (χ0n) is 15.1. The second kappa shape index (κ2) is 7.72. The van der Waals surface area contributed by atoms with Crippen molar-refractivity contribution < 1.29 is 30.7 Å². The first-order valence-corrected chi connectivity index (χ1v) is 11.6. The predicted octanol–water partition coefficient (Wildman–Crippen LogP) is 1.78. The molecule has 156 valence electrons. The van der Waals surface area contributed by atoms with Crippen LogP contribution in [0.15, 0.2) is 37.3 Å². The number of halogens is 1. The van der Waals surface area contributed by atoms with Gasteiger partial charge in [0.25, 0.3) is 25.8 Å². The van der Waals surface area contributed by atoms with Gasteiger partial charge in [0.2, 0.25) is 0 Å². The van der Waals surface area contributed by atoms with Crippen LogP contribution in [0.1, 0.15) is 26.5 Å². The van der Waals surface area contributed by atoms with Crippen molar-refractivity contribution in [2.24, 2.45) is 0 Å². The molecule has 0 fully saturated rings. The molecule has 28 heavy (non-hydrogen) atoms. The number of hydrogen-bond donors (Lipinski definition) is 3. The van der Waals surface area contributed by atoms with Gasteiger partial charge in [-0.15, -0.1) is 0 Å². The highest BCUT2D eigenvalue weighted by atomic mass is 79.9. The highest BCUT2D eigenvalue weighted by Crippen LogP contribution is 2.31. The topological polar surface area (TPSA) is 156 Å². The molecule has 3 N–H and O–H groups in total. The molecule has 0 saturated heterocycles. The third kappa shape index (κ3) is 5.10. The lowest BCUT2D eigenvalue weighted by atomic mass is 10.0. The van der Waals surface area contributed by atoms with Gasteiger partial charge in [-0.05, 0) is 48.8 Å². The molecule has 1 heterocycles. The van der Waals surface area contributed by atoms with Crippen LogP contribution in [-0.2, 0) is 31.4 Å². The summed E-state index contributed by atoms with van der Waals surface area (Å²) in [5.74, 6) is 0. The van der Waals surface area contributed by atoms with E-state index >= 15 is 0 Å². The summed E-state index contributed by atoms with van der Waals surface area (Å²) in [6.07, 6.45) is 0.297.